The van der Waals surface area contributed by atoms with Gasteiger partial charge in [-0.2, -0.15) is 0 Å². The van der Waals surface area contributed by atoms with Crippen LogP contribution in [-0.4, -0.2) is 28.1 Å². The summed E-state index contributed by atoms with van der Waals surface area (Å²) < 4.78 is 13.9. The molecule has 1 N–H and O–H groups in total. The highest BCUT2D eigenvalue weighted by Crippen LogP contribution is 2.37. The van der Waals surface area contributed by atoms with Crippen LogP contribution in [0.5, 0.6) is 0 Å². The molecule has 1 atom stereocenters. The van der Waals surface area contributed by atoms with Gasteiger partial charge in [-0.25, -0.2) is 4.39 Å². The van der Waals surface area contributed by atoms with Gasteiger partial charge in [-0.3, -0.25) is 9.59 Å². The van der Waals surface area contributed by atoms with Gasteiger partial charge in [0.15, 0.2) is 0 Å². The van der Waals surface area contributed by atoms with Crippen LogP contribution in [0.4, 0.5) is 4.39 Å². The van der Waals surface area contributed by atoms with E-state index in [2.05, 4.69) is 4.98 Å². The highest BCUT2D eigenvalue weighted by Gasteiger charge is 2.34. The number of Topliss-reactive ketones (excluding diaryl/α,β-unsaturated/α-hetero) is 1. The Morgan fingerprint density at radius 3 is 2.61 bits per heavy atom. The number of aromatic amines is 1. The van der Waals surface area contributed by atoms with E-state index in [1.165, 1.54) is 19.1 Å². The molecule has 7 heteroatoms. The molecule has 144 valence electrons. The SMILES string of the molecule is CC(=O)C1CN(C(=O)c2ccc(C)c(Cl)c2)Cc2[nH]c3cc(F)c(Cl)cc3c21. The molecule has 0 fully saturated rings. The van der Waals surface area contributed by atoms with Crippen LogP contribution in [0.3, 0.4) is 0 Å². The van der Waals surface area contributed by atoms with Gasteiger partial charge < -0.3 is 9.88 Å². The molecule has 4 nitrogen and oxygen atoms in total. The number of carbonyl (C=O) groups excluding carboxylic acids is 2. The number of ketones is 1. The summed E-state index contributed by atoms with van der Waals surface area (Å²) in [7, 11) is 0. The second-order valence-corrected chi connectivity index (χ2v) is 7.96. The van der Waals surface area contributed by atoms with E-state index in [0.29, 0.717) is 21.5 Å². The van der Waals surface area contributed by atoms with E-state index in [0.717, 1.165) is 16.8 Å². The molecule has 1 aromatic heterocycles. The van der Waals surface area contributed by atoms with E-state index < -0.39 is 11.7 Å². The first kappa shape index (κ1) is 19.0. The molecule has 0 saturated carbocycles. The zero-order valence-corrected chi connectivity index (χ0v) is 16.8. The molecule has 2 aromatic carbocycles. The molecule has 28 heavy (non-hydrogen) atoms. The van der Waals surface area contributed by atoms with Crippen LogP contribution in [0.15, 0.2) is 30.3 Å². The predicted octanol–water partition coefficient (Wildman–Crippen LogP) is 5.25. The van der Waals surface area contributed by atoms with Gasteiger partial charge in [0.2, 0.25) is 0 Å². The second kappa shape index (κ2) is 6.90. The summed E-state index contributed by atoms with van der Waals surface area (Å²) in [6.45, 7) is 3.89. The number of H-pyrrole nitrogens is 1. The Labute approximate surface area is 171 Å². The van der Waals surface area contributed by atoms with Crippen molar-refractivity contribution >= 4 is 45.8 Å². The third kappa shape index (κ3) is 3.09. The molecule has 2 heterocycles. The topological polar surface area (TPSA) is 53.2 Å². The maximum Gasteiger partial charge on any atom is 0.254 e. The number of fused-ring (bicyclic) bond motifs is 3. The number of aryl methyl sites for hydroxylation is 1. The molecule has 0 bridgehead atoms. The summed E-state index contributed by atoms with van der Waals surface area (Å²) in [6, 6.07) is 8.01. The van der Waals surface area contributed by atoms with E-state index in [1.807, 2.05) is 6.92 Å². The lowest BCUT2D eigenvalue weighted by Crippen LogP contribution is -2.40. The van der Waals surface area contributed by atoms with Crippen LogP contribution in [0.25, 0.3) is 10.9 Å². The molecule has 0 radical (unpaired) electrons. The van der Waals surface area contributed by atoms with Gasteiger partial charge in [0.25, 0.3) is 5.91 Å². The lowest BCUT2D eigenvalue weighted by Gasteiger charge is -2.32. The van der Waals surface area contributed by atoms with Crippen molar-refractivity contribution in [2.75, 3.05) is 6.54 Å². The Kier molecular flexibility index (Phi) is 4.68. The summed E-state index contributed by atoms with van der Waals surface area (Å²) in [5, 5.41) is 1.24. The van der Waals surface area contributed by atoms with Gasteiger partial charge in [0.05, 0.1) is 17.5 Å². The average Bonchev–Trinajstić information content (AvgIpc) is 3.00. The summed E-state index contributed by atoms with van der Waals surface area (Å²) in [6.07, 6.45) is 0. The maximum absolute atomic E-state index is 13.9. The van der Waals surface area contributed by atoms with Gasteiger partial charge in [-0.05, 0) is 49.2 Å². The van der Waals surface area contributed by atoms with Gasteiger partial charge in [-0.15, -0.1) is 0 Å². The third-order valence-corrected chi connectivity index (χ3v) is 5.96. The first-order valence-electron chi connectivity index (χ1n) is 8.81. The van der Waals surface area contributed by atoms with Gasteiger partial charge in [-0.1, -0.05) is 29.3 Å². The molecular formula is C21H17Cl2FN2O2. The Bertz CT molecular complexity index is 1140. The number of halogens is 3. The van der Waals surface area contributed by atoms with Crippen molar-refractivity contribution < 1.29 is 14.0 Å². The molecule has 0 aliphatic carbocycles. The first-order valence-corrected chi connectivity index (χ1v) is 9.57. The Morgan fingerprint density at radius 1 is 1.18 bits per heavy atom. The molecule has 0 saturated heterocycles. The van der Waals surface area contributed by atoms with Crippen molar-refractivity contribution in [1.29, 1.82) is 0 Å². The number of nitrogens with one attached hydrogen (secondary N) is 1. The summed E-state index contributed by atoms with van der Waals surface area (Å²) in [5.41, 5.74) is 3.41. The standard InChI is InChI=1S/C21H17Cl2FN2O2/c1-10-3-4-12(5-15(10)22)21(28)26-8-14(11(2)27)20-13-6-16(23)17(24)7-18(13)25-19(20)9-26/h3-7,14,25H,8-9H2,1-2H3. The van der Waals surface area contributed by atoms with Gasteiger partial charge in [0.1, 0.15) is 11.6 Å². The molecule has 0 spiro atoms. The molecule has 1 aliphatic heterocycles. The highest BCUT2D eigenvalue weighted by molar-refractivity contribution is 6.32. The molecule has 1 unspecified atom stereocenters. The number of rotatable bonds is 2. The summed E-state index contributed by atoms with van der Waals surface area (Å²) in [4.78, 5) is 30.2. The number of hydrogen-bond acceptors (Lipinski definition) is 2. The fraction of sp³-hybridized carbons (Fsp3) is 0.238. The fourth-order valence-corrected chi connectivity index (χ4v) is 4.09. The minimum Gasteiger partial charge on any atom is -0.357 e. The largest absolute Gasteiger partial charge is 0.357 e. The number of aromatic nitrogens is 1. The Balaban J connectivity index is 1.78. The molecular weight excluding hydrogens is 402 g/mol. The number of nitrogens with zero attached hydrogens (tertiary/aromatic N) is 1. The smallest absolute Gasteiger partial charge is 0.254 e. The Hall–Kier alpha value is -2.37. The number of carbonyl (C=O) groups is 2. The van der Waals surface area contributed by atoms with Gasteiger partial charge >= 0.3 is 0 Å². The minimum absolute atomic E-state index is 0.00408. The van der Waals surface area contributed by atoms with Crippen LogP contribution >= 0.6 is 23.2 Å². The predicted molar refractivity (Wildman–Crippen MR) is 108 cm³/mol. The maximum atomic E-state index is 13.9. The minimum atomic E-state index is -0.533. The third-order valence-electron chi connectivity index (χ3n) is 5.26. The van der Waals surface area contributed by atoms with Crippen molar-refractivity contribution in [2.24, 2.45) is 0 Å². The molecule has 1 aliphatic rings. The molecule has 3 aromatic rings. The van der Waals surface area contributed by atoms with E-state index in [1.54, 1.807) is 23.1 Å². The van der Waals surface area contributed by atoms with Crippen LogP contribution in [0, 0.1) is 12.7 Å². The number of amides is 1. The van der Waals surface area contributed by atoms with Crippen molar-refractivity contribution in [3.63, 3.8) is 0 Å². The lowest BCUT2D eigenvalue weighted by molar-refractivity contribution is -0.118. The van der Waals surface area contributed by atoms with E-state index in [9.17, 15) is 14.0 Å². The first-order chi connectivity index (χ1) is 13.3. The second-order valence-electron chi connectivity index (χ2n) is 7.14. The zero-order chi connectivity index (χ0) is 20.2. The van der Waals surface area contributed by atoms with Crippen LogP contribution in [0.2, 0.25) is 10.0 Å². The van der Waals surface area contributed by atoms with Crippen LogP contribution < -0.4 is 0 Å². The van der Waals surface area contributed by atoms with Crippen molar-refractivity contribution in [3.8, 4) is 0 Å². The summed E-state index contributed by atoms with van der Waals surface area (Å²) >= 11 is 12.1. The quantitative estimate of drug-likeness (QED) is 0.617. The Morgan fingerprint density at radius 2 is 1.93 bits per heavy atom. The van der Waals surface area contributed by atoms with Crippen molar-refractivity contribution in [2.45, 2.75) is 26.3 Å². The van der Waals surface area contributed by atoms with Crippen LogP contribution in [-0.2, 0) is 11.3 Å². The normalized spacial score (nSPS) is 16.3. The van der Waals surface area contributed by atoms with E-state index in [4.69, 9.17) is 23.2 Å². The number of hydrogen-bond donors (Lipinski definition) is 1. The summed E-state index contributed by atoms with van der Waals surface area (Å²) in [5.74, 6) is -1.32. The van der Waals surface area contributed by atoms with Crippen molar-refractivity contribution in [3.05, 3.63) is 68.6 Å². The highest BCUT2D eigenvalue weighted by atomic mass is 35.5. The van der Waals surface area contributed by atoms with Crippen LogP contribution in [0.1, 0.15) is 40.0 Å². The lowest BCUT2D eigenvalue weighted by atomic mass is 9.88. The number of benzene rings is 2. The van der Waals surface area contributed by atoms with Crippen molar-refractivity contribution in [1.82, 2.24) is 9.88 Å². The molecule has 4 rings (SSSR count). The molecule has 1 amide bonds. The van der Waals surface area contributed by atoms with Gasteiger partial charge in [0, 0.05) is 33.7 Å². The zero-order valence-electron chi connectivity index (χ0n) is 15.3. The fourth-order valence-electron chi connectivity index (χ4n) is 3.75. The van der Waals surface area contributed by atoms with E-state index in [-0.39, 0.29) is 29.8 Å². The van der Waals surface area contributed by atoms with E-state index >= 15 is 0 Å². The average molecular weight is 419 g/mol. The monoisotopic (exact) mass is 418 g/mol.